The molecule has 0 aliphatic rings. The van der Waals surface area contributed by atoms with Crippen LogP contribution in [0.3, 0.4) is 0 Å². The van der Waals surface area contributed by atoms with Gasteiger partial charge in [-0.05, 0) is 25.3 Å². The van der Waals surface area contributed by atoms with Crippen LogP contribution in [0.1, 0.15) is 24.2 Å². The summed E-state index contributed by atoms with van der Waals surface area (Å²) in [5.41, 5.74) is 2.08. The van der Waals surface area contributed by atoms with Gasteiger partial charge in [-0.3, -0.25) is 4.68 Å². The molecule has 0 amide bonds. The van der Waals surface area contributed by atoms with Gasteiger partial charge in [0, 0.05) is 30.9 Å². The summed E-state index contributed by atoms with van der Waals surface area (Å²) in [5, 5.41) is 19.0. The van der Waals surface area contributed by atoms with Crippen molar-refractivity contribution in [3.63, 3.8) is 0 Å². The number of sulfone groups is 1. The van der Waals surface area contributed by atoms with Crippen molar-refractivity contribution in [2.75, 3.05) is 12.3 Å². The Labute approximate surface area is 134 Å². The van der Waals surface area contributed by atoms with Crippen LogP contribution in [0.25, 0.3) is 0 Å². The Morgan fingerprint density at radius 3 is 2.77 bits per heavy atom. The molecule has 2 aromatic rings. The smallest absolute Gasteiger partial charge is 0.190 e. The van der Waals surface area contributed by atoms with Crippen molar-refractivity contribution in [3.8, 4) is 0 Å². The molecule has 2 aromatic heterocycles. The van der Waals surface area contributed by atoms with Crippen molar-refractivity contribution in [1.29, 1.82) is 0 Å². The Hall–Kier alpha value is -1.22. The minimum absolute atomic E-state index is 0.00667. The molecule has 2 unspecified atom stereocenters. The summed E-state index contributed by atoms with van der Waals surface area (Å²) in [6.07, 6.45) is 0.827. The molecular formula is C14H21N3O3S2. The quantitative estimate of drug-likeness (QED) is 0.791. The first-order chi connectivity index (χ1) is 10.3. The van der Waals surface area contributed by atoms with Gasteiger partial charge in [-0.1, -0.05) is 6.07 Å². The number of aliphatic hydroxyl groups is 1. The molecule has 0 fully saturated rings. The van der Waals surface area contributed by atoms with Gasteiger partial charge < -0.3 is 10.4 Å². The Kier molecular flexibility index (Phi) is 5.38. The van der Waals surface area contributed by atoms with Gasteiger partial charge in [-0.25, -0.2) is 8.42 Å². The molecule has 0 saturated heterocycles. The second-order valence-electron chi connectivity index (χ2n) is 5.31. The molecule has 6 nitrogen and oxygen atoms in total. The topological polar surface area (TPSA) is 84.2 Å². The van der Waals surface area contributed by atoms with Crippen molar-refractivity contribution < 1.29 is 13.5 Å². The minimum atomic E-state index is -3.42. The van der Waals surface area contributed by atoms with E-state index in [-0.39, 0.29) is 18.3 Å². The zero-order chi connectivity index (χ0) is 16.3. The molecule has 2 rings (SSSR count). The second-order valence-corrected chi connectivity index (χ2v) is 8.51. The lowest BCUT2D eigenvalue weighted by Crippen LogP contribution is -2.33. The van der Waals surface area contributed by atoms with Gasteiger partial charge in [0.25, 0.3) is 0 Å². The van der Waals surface area contributed by atoms with Gasteiger partial charge >= 0.3 is 0 Å². The van der Waals surface area contributed by atoms with E-state index in [9.17, 15) is 13.5 Å². The standard InChI is InChI=1S/C14H21N3O3S2/c1-10(13-8-16-17(3)11(13)2)15-7-12(18)9-22(19,20)14-5-4-6-21-14/h4-6,8,10,12,15,18H,7,9H2,1-3H3. The van der Waals surface area contributed by atoms with E-state index in [1.54, 1.807) is 28.4 Å². The van der Waals surface area contributed by atoms with Crippen molar-refractivity contribution in [1.82, 2.24) is 15.1 Å². The van der Waals surface area contributed by atoms with E-state index in [0.717, 1.165) is 11.3 Å². The van der Waals surface area contributed by atoms with E-state index in [1.165, 1.54) is 11.3 Å². The zero-order valence-corrected chi connectivity index (χ0v) is 14.5. The van der Waals surface area contributed by atoms with Crippen LogP contribution in [0, 0.1) is 6.92 Å². The van der Waals surface area contributed by atoms with Gasteiger partial charge in [-0.2, -0.15) is 5.10 Å². The van der Waals surface area contributed by atoms with Gasteiger partial charge in [-0.15, -0.1) is 11.3 Å². The van der Waals surface area contributed by atoms with Crippen LogP contribution in [0.4, 0.5) is 0 Å². The fourth-order valence-electron chi connectivity index (χ4n) is 2.20. The average Bonchev–Trinajstić information content (AvgIpc) is 3.08. The lowest BCUT2D eigenvalue weighted by atomic mass is 10.1. The second kappa shape index (κ2) is 6.91. The Morgan fingerprint density at radius 1 is 1.50 bits per heavy atom. The monoisotopic (exact) mass is 343 g/mol. The number of aliphatic hydroxyl groups excluding tert-OH is 1. The van der Waals surface area contributed by atoms with E-state index >= 15 is 0 Å². The number of hydrogen-bond donors (Lipinski definition) is 2. The number of aryl methyl sites for hydroxylation is 1. The van der Waals surface area contributed by atoms with Gasteiger partial charge in [0.2, 0.25) is 0 Å². The maximum atomic E-state index is 12.1. The average molecular weight is 343 g/mol. The van der Waals surface area contributed by atoms with Crippen LogP contribution in [0.5, 0.6) is 0 Å². The summed E-state index contributed by atoms with van der Waals surface area (Å²) < 4.78 is 26.2. The number of thiophene rings is 1. The normalized spacial score (nSPS) is 14.9. The predicted octanol–water partition coefficient (Wildman–Crippen LogP) is 1.28. The van der Waals surface area contributed by atoms with Gasteiger partial charge in [0.1, 0.15) is 4.21 Å². The van der Waals surface area contributed by atoms with Gasteiger partial charge in [0.15, 0.2) is 9.84 Å². The predicted molar refractivity (Wildman–Crippen MR) is 86.7 cm³/mol. The lowest BCUT2D eigenvalue weighted by molar-refractivity contribution is 0.189. The summed E-state index contributed by atoms with van der Waals surface area (Å²) >= 11 is 1.17. The molecule has 2 atom stereocenters. The zero-order valence-electron chi connectivity index (χ0n) is 12.9. The van der Waals surface area contributed by atoms with Crippen molar-refractivity contribution in [2.24, 2.45) is 7.05 Å². The first kappa shape index (κ1) is 17.1. The molecule has 8 heteroatoms. The molecule has 2 N–H and O–H groups in total. The van der Waals surface area contributed by atoms with Crippen molar-refractivity contribution in [2.45, 2.75) is 30.2 Å². The van der Waals surface area contributed by atoms with Gasteiger partial charge in [0.05, 0.1) is 18.1 Å². The van der Waals surface area contributed by atoms with Crippen LogP contribution >= 0.6 is 11.3 Å². The number of rotatable bonds is 7. The number of nitrogens with zero attached hydrogens (tertiary/aromatic N) is 2. The number of hydrogen-bond acceptors (Lipinski definition) is 6. The Morgan fingerprint density at radius 2 is 2.23 bits per heavy atom. The van der Waals surface area contributed by atoms with Crippen molar-refractivity contribution >= 4 is 21.2 Å². The van der Waals surface area contributed by atoms with Crippen LogP contribution in [-0.4, -0.2) is 41.7 Å². The summed E-state index contributed by atoms with van der Waals surface area (Å²) in [4.78, 5) is 0. The fraction of sp³-hybridized carbons (Fsp3) is 0.500. The highest BCUT2D eigenvalue weighted by atomic mass is 32.2. The number of aromatic nitrogens is 2. The maximum Gasteiger partial charge on any atom is 0.190 e. The summed E-state index contributed by atoms with van der Waals surface area (Å²) in [5.74, 6) is -0.279. The van der Waals surface area contributed by atoms with E-state index in [1.807, 2.05) is 20.9 Å². The number of nitrogens with one attached hydrogen (secondary N) is 1. The van der Waals surface area contributed by atoms with Crippen molar-refractivity contribution in [3.05, 3.63) is 35.0 Å². The minimum Gasteiger partial charge on any atom is -0.391 e. The highest BCUT2D eigenvalue weighted by molar-refractivity contribution is 7.93. The Balaban J connectivity index is 1.90. The van der Waals surface area contributed by atoms with E-state index in [0.29, 0.717) is 4.21 Å². The molecular weight excluding hydrogens is 322 g/mol. The highest BCUT2D eigenvalue weighted by Crippen LogP contribution is 2.19. The molecule has 122 valence electrons. The molecule has 0 radical (unpaired) electrons. The van der Waals surface area contributed by atoms with Crippen LogP contribution in [0.2, 0.25) is 0 Å². The highest BCUT2D eigenvalue weighted by Gasteiger charge is 2.21. The third kappa shape index (κ3) is 3.95. The first-order valence-corrected chi connectivity index (χ1v) is 9.50. The van der Waals surface area contributed by atoms with Crippen LogP contribution in [-0.2, 0) is 16.9 Å². The molecule has 0 aromatic carbocycles. The van der Waals surface area contributed by atoms with E-state index < -0.39 is 15.9 Å². The SMILES string of the molecule is Cc1c(C(C)NCC(O)CS(=O)(=O)c2cccs2)cnn1C. The largest absolute Gasteiger partial charge is 0.391 e. The molecule has 0 aliphatic heterocycles. The fourth-order valence-corrected chi connectivity index (χ4v) is 4.68. The molecule has 0 spiro atoms. The maximum absolute atomic E-state index is 12.1. The van der Waals surface area contributed by atoms with Crippen LogP contribution in [0.15, 0.2) is 27.9 Å². The summed E-state index contributed by atoms with van der Waals surface area (Å²) in [7, 11) is -1.55. The van der Waals surface area contributed by atoms with E-state index in [2.05, 4.69) is 10.4 Å². The van der Waals surface area contributed by atoms with E-state index in [4.69, 9.17) is 0 Å². The molecule has 22 heavy (non-hydrogen) atoms. The molecule has 0 bridgehead atoms. The third-order valence-electron chi connectivity index (χ3n) is 3.61. The summed E-state index contributed by atoms with van der Waals surface area (Å²) in [6, 6.07) is 3.24. The third-order valence-corrected chi connectivity index (χ3v) is 6.90. The molecule has 0 aliphatic carbocycles. The summed E-state index contributed by atoms with van der Waals surface area (Å²) in [6.45, 7) is 4.14. The first-order valence-electron chi connectivity index (χ1n) is 6.97. The molecule has 0 saturated carbocycles. The Bertz CT molecular complexity index is 708. The lowest BCUT2D eigenvalue weighted by Gasteiger charge is -2.17. The molecule has 2 heterocycles. The van der Waals surface area contributed by atoms with Crippen LogP contribution < -0.4 is 5.32 Å².